The zero-order valence-corrected chi connectivity index (χ0v) is 17.4. The highest BCUT2D eigenvalue weighted by atomic mass is 16.5. The molecule has 0 saturated carbocycles. The number of anilines is 1. The van der Waals surface area contributed by atoms with Gasteiger partial charge in [-0.05, 0) is 42.3 Å². The van der Waals surface area contributed by atoms with Crippen molar-refractivity contribution in [2.45, 2.75) is 13.5 Å². The Kier molecular flexibility index (Phi) is 6.36. The topological polar surface area (TPSA) is 94.5 Å². The smallest absolute Gasteiger partial charge is 0.273 e. The molecule has 1 heterocycles. The van der Waals surface area contributed by atoms with E-state index in [0.29, 0.717) is 35.0 Å². The second-order valence-corrected chi connectivity index (χ2v) is 6.75. The summed E-state index contributed by atoms with van der Waals surface area (Å²) in [6.07, 6.45) is 3.05. The van der Waals surface area contributed by atoms with Crippen molar-refractivity contribution in [3.8, 4) is 11.5 Å². The fraction of sp³-hybridized carbons (Fsp3) is 0.227. The third-order valence-corrected chi connectivity index (χ3v) is 4.70. The van der Waals surface area contributed by atoms with E-state index in [4.69, 9.17) is 9.47 Å². The maximum atomic E-state index is 12.6. The van der Waals surface area contributed by atoms with Gasteiger partial charge in [-0.25, -0.2) is 4.98 Å². The van der Waals surface area contributed by atoms with Crippen molar-refractivity contribution >= 4 is 17.5 Å². The SMILES string of the molecule is COc1ccc(CNC(=O)c2ccc(C)c(NC(=O)c3cncn3C)c2)cc1OC. The van der Waals surface area contributed by atoms with Crippen LogP contribution in [0.25, 0.3) is 0 Å². The Labute approximate surface area is 174 Å². The molecule has 2 amide bonds. The third kappa shape index (κ3) is 4.60. The molecule has 8 heteroatoms. The molecule has 0 aliphatic rings. The quantitative estimate of drug-likeness (QED) is 0.627. The van der Waals surface area contributed by atoms with Crippen LogP contribution in [0.2, 0.25) is 0 Å². The largest absolute Gasteiger partial charge is 0.493 e. The van der Waals surface area contributed by atoms with E-state index in [1.165, 1.54) is 6.20 Å². The van der Waals surface area contributed by atoms with Gasteiger partial charge in [-0.2, -0.15) is 0 Å². The third-order valence-electron chi connectivity index (χ3n) is 4.70. The van der Waals surface area contributed by atoms with Crippen LogP contribution in [-0.2, 0) is 13.6 Å². The summed E-state index contributed by atoms with van der Waals surface area (Å²) in [5.41, 5.74) is 3.17. The summed E-state index contributed by atoms with van der Waals surface area (Å²) >= 11 is 0. The molecule has 0 radical (unpaired) electrons. The lowest BCUT2D eigenvalue weighted by molar-refractivity contribution is 0.0949. The number of benzene rings is 2. The number of carbonyl (C=O) groups excluding carboxylic acids is 2. The molecule has 0 bridgehead atoms. The molecule has 0 aliphatic carbocycles. The van der Waals surface area contributed by atoms with Gasteiger partial charge in [0.05, 0.1) is 26.7 Å². The van der Waals surface area contributed by atoms with E-state index in [0.717, 1.165) is 11.1 Å². The van der Waals surface area contributed by atoms with E-state index in [9.17, 15) is 9.59 Å². The molecule has 3 rings (SSSR count). The molecule has 3 aromatic rings. The van der Waals surface area contributed by atoms with E-state index in [2.05, 4.69) is 15.6 Å². The number of rotatable bonds is 7. The Bertz CT molecular complexity index is 1070. The maximum absolute atomic E-state index is 12.6. The number of nitrogens with zero attached hydrogens (tertiary/aromatic N) is 2. The molecule has 0 saturated heterocycles. The fourth-order valence-electron chi connectivity index (χ4n) is 2.94. The van der Waals surface area contributed by atoms with Crippen molar-refractivity contribution in [1.29, 1.82) is 0 Å². The second-order valence-electron chi connectivity index (χ2n) is 6.75. The van der Waals surface area contributed by atoms with Crippen molar-refractivity contribution in [3.63, 3.8) is 0 Å². The second kappa shape index (κ2) is 9.13. The highest BCUT2D eigenvalue weighted by molar-refractivity contribution is 6.04. The molecular formula is C22H24N4O4. The number of aryl methyl sites for hydroxylation is 2. The minimum Gasteiger partial charge on any atom is -0.493 e. The predicted octanol–water partition coefficient (Wildman–Crippen LogP) is 2.93. The first-order chi connectivity index (χ1) is 14.4. The zero-order valence-electron chi connectivity index (χ0n) is 17.4. The molecule has 2 N–H and O–H groups in total. The lowest BCUT2D eigenvalue weighted by Crippen LogP contribution is -2.23. The summed E-state index contributed by atoms with van der Waals surface area (Å²) in [5, 5.41) is 5.72. The van der Waals surface area contributed by atoms with Crippen LogP contribution in [-0.4, -0.2) is 35.6 Å². The van der Waals surface area contributed by atoms with Crippen molar-refractivity contribution in [2.75, 3.05) is 19.5 Å². The Hall–Kier alpha value is -3.81. The average Bonchev–Trinajstić information content (AvgIpc) is 3.19. The fourth-order valence-corrected chi connectivity index (χ4v) is 2.94. The molecule has 0 aliphatic heterocycles. The van der Waals surface area contributed by atoms with Gasteiger partial charge in [-0.3, -0.25) is 9.59 Å². The molecule has 0 unspecified atom stereocenters. The average molecular weight is 408 g/mol. The Morgan fingerprint density at radius 3 is 2.47 bits per heavy atom. The normalized spacial score (nSPS) is 10.4. The van der Waals surface area contributed by atoms with Crippen molar-refractivity contribution in [3.05, 3.63) is 71.3 Å². The number of hydrogen-bond acceptors (Lipinski definition) is 5. The van der Waals surface area contributed by atoms with E-state index in [-0.39, 0.29) is 11.8 Å². The van der Waals surface area contributed by atoms with E-state index in [1.807, 2.05) is 19.1 Å². The van der Waals surface area contributed by atoms with Crippen LogP contribution >= 0.6 is 0 Å². The van der Waals surface area contributed by atoms with Crippen molar-refractivity contribution in [1.82, 2.24) is 14.9 Å². The zero-order chi connectivity index (χ0) is 21.7. The Morgan fingerprint density at radius 1 is 1.03 bits per heavy atom. The number of nitrogens with one attached hydrogen (secondary N) is 2. The number of carbonyl (C=O) groups is 2. The van der Waals surface area contributed by atoms with Crippen LogP contribution in [0.3, 0.4) is 0 Å². The summed E-state index contributed by atoms with van der Waals surface area (Å²) in [5.74, 6) is 0.682. The van der Waals surface area contributed by atoms with Gasteiger partial charge in [0.25, 0.3) is 11.8 Å². The summed E-state index contributed by atoms with van der Waals surface area (Å²) in [4.78, 5) is 29.0. The minimum absolute atomic E-state index is 0.249. The minimum atomic E-state index is -0.291. The molecular weight excluding hydrogens is 384 g/mol. The lowest BCUT2D eigenvalue weighted by atomic mass is 10.1. The first-order valence-corrected chi connectivity index (χ1v) is 9.30. The predicted molar refractivity (Wildman–Crippen MR) is 113 cm³/mol. The lowest BCUT2D eigenvalue weighted by Gasteiger charge is -2.12. The van der Waals surface area contributed by atoms with Gasteiger partial charge in [0.1, 0.15) is 5.69 Å². The van der Waals surface area contributed by atoms with Crippen LogP contribution in [0.4, 0.5) is 5.69 Å². The van der Waals surface area contributed by atoms with Gasteiger partial charge in [0.15, 0.2) is 11.5 Å². The van der Waals surface area contributed by atoms with Crippen LogP contribution in [0, 0.1) is 6.92 Å². The highest BCUT2D eigenvalue weighted by Crippen LogP contribution is 2.27. The number of aromatic nitrogens is 2. The molecule has 0 spiro atoms. The molecule has 0 fully saturated rings. The van der Waals surface area contributed by atoms with Crippen LogP contribution in [0.5, 0.6) is 11.5 Å². The van der Waals surface area contributed by atoms with Crippen LogP contribution < -0.4 is 20.1 Å². The monoisotopic (exact) mass is 408 g/mol. The number of ether oxygens (including phenoxy) is 2. The van der Waals surface area contributed by atoms with Gasteiger partial charge in [0, 0.05) is 24.8 Å². The molecule has 0 atom stereocenters. The van der Waals surface area contributed by atoms with Gasteiger partial charge in [-0.1, -0.05) is 12.1 Å². The van der Waals surface area contributed by atoms with E-state index >= 15 is 0 Å². The summed E-state index contributed by atoms with van der Waals surface area (Å²) in [6, 6.07) is 10.6. The molecule has 156 valence electrons. The summed E-state index contributed by atoms with van der Waals surface area (Å²) < 4.78 is 12.1. The van der Waals surface area contributed by atoms with Crippen LogP contribution in [0.15, 0.2) is 48.9 Å². The summed E-state index contributed by atoms with van der Waals surface area (Å²) in [6.45, 7) is 2.19. The van der Waals surface area contributed by atoms with Gasteiger partial charge < -0.3 is 24.7 Å². The number of imidazole rings is 1. The first-order valence-electron chi connectivity index (χ1n) is 9.30. The number of hydrogen-bond donors (Lipinski definition) is 2. The molecule has 1 aromatic heterocycles. The Morgan fingerprint density at radius 2 is 1.80 bits per heavy atom. The number of amides is 2. The Balaban J connectivity index is 1.70. The summed E-state index contributed by atoms with van der Waals surface area (Å²) in [7, 11) is 4.88. The first kappa shape index (κ1) is 20.9. The van der Waals surface area contributed by atoms with Gasteiger partial charge in [0.2, 0.25) is 0 Å². The van der Waals surface area contributed by atoms with Crippen LogP contribution in [0.1, 0.15) is 32.0 Å². The van der Waals surface area contributed by atoms with Gasteiger partial charge >= 0.3 is 0 Å². The molecule has 8 nitrogen and oxygen atoms in total. The number of methoxy groups -OCH3 is 2. The maximum Gasteiger partial charge on any atom is 0.273 e. The van der Waals surface area contributed by atoms with Crippen molar-refractivity contribution < 1.29 is 19.1 Å². The van der Waals surface area contributed by atoms with E-state index in [1.54, 1.807) is 56.4 Å². The highest BCUT2D eigenvalue weighted by Gasteiger charge is 2.14. The molecule has 2 aromatic carbocycles. The van der Waals surface area contributed by atoms with Gasteiger partial charge in [-0.15, -0.1) is 0 Å². The molecule has 30 heavy (non-hydrogen) atoms. The van der Waals surface area contributed by atoms with E-state index < -0.39 is 0 Å². The standard InChI is InChI=1S/C22H24N4O4/c1-14-5-7-16(10-17(14)25-22(28)18-12-23-13-26(18)2)21(27)24-11-15-6-8-19(29-3)20(9-15)30-4/h5-10,12-13H,11H2,1-4H3,(H,24,27)(H,25,28). The van der Waals surface area contributed by atoms with Crippen molar-refractivity contribution in [2.24, 2.45) is 7.05 Å².